The highest BCUT2D eigenvalue weighted by Gasteiger charge is 2.29. The third kappa shape index (κ3) is 2.86. The molecule has 0 radical (unpaired) electrons. The molecule has 100 valence electrons. The molecule has 0 saturated carbocycles. The van der Waals surface area contributed by atoms with Gasteiger partial charge in [-0.05, 0) is 35.8 Å². The van der Waals surface area contributed by atoms with Crippen LogP contribution in [0.2, 0.25) is 5.28 Å². The van der Waals surface area contributed by atoms with E-state index in [0.717, 1.165) is 24.8 Å². The van der Waals surface area contributed by atoms with Crippen molar-refractivity contribution >= 4 is 23.1 Å². The van der Waals surface area contributed by atoms with Crippen LogP contribution in [0.15, 0.2) is 6.20 Å². The normalized spacial score (nSPS) is 18.1. The number of nitrogens with two attached hydrogens (primary N) is 1. The van der Waals surface area contributed by atoms with E-state index in [1.807, 2.05) is 0 Å². The van der Waals surface area contributed by atoms with Crippen molar-refractivity contribution < 1.29 is 0 Å². The first-order valence-electron chi connectivity index (χ1n) is 6.41. The second-order valence-corrected chi connectivity index (χ2v) is 6.38. The van der Waals surface area contributed by atoms with Crippen LogP contribution in [0, 0.1) is 11.3 Å². The predicted molar refractivity (Wildman–Crippen MR) is 75.8 cm³/mol. The van der Waals surface area contributed by atoms with Crippen molar-refractivity contribution in [2.24, 2.45) is 11.3 Å². The molecular formula is C13H21ClN4. The summed E-state index contributed by atoms with van der Waals surface area (Å²) >= 11 is 5.83. The Labute approximate surface area is 114 Å². The van der Waals surface area contributed by atoms with Gasteiger partial charge in [-0.15, -0.1) is 0 Å². The molecule has 0 unspecified atom stereocenters. The number of aromatic nitrogens is 2. The van der Waals surface area contributed by atoms with Gasteiger partial charge in [0, 0.05) is 13.1 Å². The molecule has 1 aromatic heterocycles. The highest BCUT2D eigenvalue weighted by atomic mass is 35.5. The standard InChI is InChI=1S/C13H21ClN4/c1-13(2,3)9-4-6-18(7-5-9)11-10(15)8-16-12(14)17-11/h8-9H,4-7,15H2,1-3H3. The smallest absolute Gasteiger partial charge is 0.224 e. The summed E-state index contributed by atoms with van der Waals surface area (Å²) in [7, 11) is 0. The van der Waals surface area contributed by atoms with Crippen molar-refractivity contribution in [3.8, 4) is 0 Å². The maximum atomic E-state index is 5.92. The number of hydrogen-bond acceptors (Lipinski definition) is 4. The van der Waals surface area contributed by atoms with Crippen molar-refractivity contribution in [2.45, 2.75) is 33.6 Å². The lowest BCUT2D eigenvalue weighted by molar-refractivity contribution is 0.199. The third-order valence-corrected chi connectivity index (χ3v) is 3.97. The number of piperidine rings is 1. The van der Waals surface area contributed by atoms with Crippen LogP contribution in [-0.2, 0) is 0 Å². The molecular weight excluding hydrogens is 248 g/mol. The minimum atomic E-state index is 0.261. The Kier molecular flexibility index (Phi) is 3.66. The molecule has 1 aliphatic heterocycles. The molecule has 18 heavy (non-hydrogen) atoms. The van der Waals surface area contributed by atoms with E-state index in [1.54, 1.807) is 6.20 Å². The summed E-state index contributed by atoms with van der Waals surface area (Å²) in [6.07, 6.45) is 3.93. The minimum Gasteiger partial charge on any atom is -0.394 e. The van der Waals surface area contributed by atoms with Crippen LogP contribution in [0.3, 0.4) is 0 Å². The van der Waals surface area contributed by atoms with Gasteiger partial charge in [0.15, 0.2) is 5.82 Å². The molecule has 1 aliphatic rings. The van der Waals surface area contributed by atoms with Crippen molar-refractivity contribution in [3.05, 3.63) is 11.5 Å². The third-order valence-electron chi connectivity index (χ3n) is 3.79. The van der Waals surface area contributed by atoms with E-state index >= 15 is 0 Å². The first-order chi connectivity index (χ1) is 8.38. The van der Waals surface area contributed by atoms with Gasteiger partial charge < -0.3 is 10.6 Å². The Morgan fingerprint density at radius 1 is 1.33 bits per heavy atom. The summed E-state index contributed by atoms with van der Waals surface area (Å²) in [5, 5.41) is 0.261. The molecule has 2 rings (SSSR count). The fourth-order valence-corrected chi connectivity index (χ4v) is 2.70. The van der Waals surface area contributed by atoms with Crippen LogP contribution >= 0.6 is 11.6 Å². The van der Waals surface area contributed by atoms with Gasteiger partial charge in [0.1, 0.15) is 0 Å². The number of rotatable bonds is 1. The average Bonchev–Trinajstić information content (AvgIpc) is 2.31. The Bertz CT molecular complexity index is 419. The second kappa shape index (κ2) is 4.92. The molecule has 2 heterocycles. The van der Waals surface area contributed by atoms with E-state index < -0.39 is 0 Å². The summed E-state index contributed by atoms with van der Waals surface area (Å²) in [4.78, 5) is 10.3. The van der Waals surface area contributed by atoms with Crippen LogP contribution in [0.1, 0.15) is 33.6 Å². The van der Waals surface area contributed by atoms with Crippen molar-refractivity contribution in [1.29, 1.82) is 0 Å². The van der Waals surface area contributed by atoms with Crippen LogP contribution in [0.4, 0.5) is 11.5 Å². The van der Waals surface area contributed by atoms with Crippen LogP contribution < -0.4 is 10.6 Å². The molecule has 2 N–H and O–H groups in total. The van der Waals surface area contributed by atoms with Crippen LogP contribution in [0.25, 0.3) is 0 Å². The van der Waals surface area contributed by atoms with Gasteiger partial charge in [-0.25, -0.2) is 4.98 Å². The number of nitrogens with zero attached hydrogens (tertiary/aromatic N) is 3. The first kappa shape index (κ1) is 13.4. The fraction of sp³-hybridized carbons (Fsp3) is 0.692. The summed E-state index contributed by atoms with van der Waals surface area (Å²) in [6.45, 7) is 8.90. The van der Waals surface area contributed by atoms with Crippen LogP contribution in [0.5, 0.6) is 0 Å². The van der Waals surface area contributed by atoms with E-state index in [9.17, 15) is 0 Å². The van der Waals surface area contributed by atoms with Crippen LogP contribution in [-0.4, -0.2) is 23.1 Å². The van der Waals surface area contributed by atoms with Gasteiger partial charge in [0.25, 0.3) is 0 Å². The van der Waals surface area contributed by atoms with E-state index in [1.165, 1.54) is 12.8 Å². The van der Waals surface area contributed by atoms with E-state index in [2.05, 4.69) is 35.6 Å². The van der Waals surface area contributed by atoms with Gasteiger partial charge in [-0.1, -0.05) is 20.8 Å². The molecule has 0 atom stereocenters. The van der Waals surface area contributed by atoms with Crippen molar-refractivity contribution in [2.75, 3.05) is 23.7 Å². The van der Waals surface area contributed by atoms with Gasteiger partial charge in [0.2, 0.25) is 5.28 Å². The van der Waals surface area contributed by atoms with E-state index in [4.69, 9.17) is 17.3 Å². The maximum Gasteiger partial charge on any atom is 0.224 e. The molecule has 1 fully saturated rings. The molecule has 0 bridgehead atoms. The summed E-state index contributed by atoms with van der Waals surface area (Å²) in [6, 6.07) is 0. The minimum absolute atomic E-state index is 0.261. The Morgan fingerprint density at radius 3 is 2.50 bits per heavy atom. The monoisotopic (exact) mass is 268 g/mol. The molecule has 5 heteroatoms. The zero-order valence-corrected chi connectivity index (χ0v) is 12.0. The molecule has 0 aromatic carbocycles. The topological polar surface area (TPSA) is 55.0 Å². The summed E-state index contributed by atoms with van der Waals surface area (Å²) in [5.41, 5.74) is 6.90. The largest absolute Gasteiger partial charge is 0.394 e. The zero-order chi connectivity index (χ0) is 13.3. The Morgan fingerprint density at radius 2 is 1.94 bits per heavy atom. The maximum absolute atomic E-state index is 5.92. The number of anilines is 2. The first-order valence-corrected chi connectivity index (χ1v) is 6.78. The SMILES string of the molecule is CC(C)(C)C1CCN(c2nc(Cl)ncc2N)CC1. The molecule has 1 aromatic rings. The lowest BCUT2D eigenvalue weighted by atomic mass is 9.75. The molecule has 0 aliphatic carbocycles. The van der Waals surface area contributed by atoms with Gasteiger partial charge in [0.05, 0.1) is 11.9 Å². The Hall–Kier alpha value is -1.03. The Balaban J connectivity index is 2.08. The van der Waals surface area contributed by atoms with Crippen molar-refractivity contribution in [1.82, 2.24) is 9.97 Å². The second-order valence-electron chi connectivity index (χ2n) is 6.05. The number of halogens is 1. The quantitative estimate of drug-likeness (QED) is 0.796. The zero-order valence-electron chi connectivity index (χ0n) is 11.3. The lowest BCUT2D eigenvalue weighted by Crippen LogP contribution is -2.38. The van der Waals surface area contributed by atoms with Gasteiger partial charge in [-0.2, -0.15) is 4.98 Å². The summed E-state index contributed by atoms with van der Waals surface area (Å²) in [5.74, 6) is 1.54. The number of hydrogen-bond donors (Lipinski definition) is 1. The predicted octanol–water partition coefficient (Wildman–Crippen LogP) is 2.97. The summed E-state index contributed by atoms with van der Waals surface area (Å²) < 4.78 is 0. The average molecular weight is 269 g/mol. The fourth-order valence-electron chi connectivity index (χ4n) is 2.57. The number of nitrogen functional groups attached to an aromatic ring is 1. The molecule has 0 amide bonds. The molecule has 1 saturated heterocycles. The highest BCUT2D eigenvalue weighted by Crippen LogP contribution is 2.36. The molecule has 4 nitrogen and oxygen atoms in total. The molecule has 0 spiro atoms. The van der Waals surface area contributed by atoms with E-state index in [-0.39, 0.29) is 5.28 Å². The van der Waals surface area contributed by atoms with Gasteiger partial charge in [-0.3, -0.25) is 0 Å². The lowest BCUT2D eigenvalue weighted by Gasteiger charge is -2.39. The van der Waals surface area contributed by atoms with Crippen molar-refractivity contribution in [3.63, 3.8) is 0 Å². The highest BCUT2D eigenvalue weighted by molar-refractivity contribution is 6.28. The van der Waals surface area contributed by atoms with E-state index in [0.29, 0.717) is 11.1 Å². The van der Waals surface area contributed by atoms with Gasteiger partial charge >= 0.3 is 0 Å².